The Kier molecular flexibility index (Phi) is 3.45. The minimum Gasteiger partial charge on any atom is -0.351 e. The van der Waals surface area contributed by atoms with Gasteiger partial charge < -0.3 is 4.74 Å². The summed E-state index contributed by atoms with van der Waals surface area (Å²) in [6.45, 7) is 2.97. The van der Waals surface area contributed by atoms with Crippen molar-refractivity contribution in [3.05, 3.63) is 0 Å². The number of halogens is 4. The molecule has 0 saturated heterocycles. The molecular formula is C5H8ClF3O. The summed E-state index contributed by atoms with van der Waals surface area (Å²) in [5.41, 5.74) is -2.19. The van der Waals surface area contributed by atoms with E-state index < -0.39 is 17.8 Å². The maximum absolute atomic E-state index is 11.6. The van der Waals surface area contributed by atoms with Crippen LogP contribution in [0.5, 0.6) is 0 Å². The van der Waals surface area contributed by atoms with E-state index in [0.717, 1.165) is 0 Å². The van der Waals surface area contributed by atoms with Crippen LogP contribution >= 0.6 is 11.6 Å². The van der Waals surface area contributed by atoms with Gasteiger partial charge in [-0.1, -0.05) is 11.6 Å². The predicted molar refractivity (Wildman–Crippen MR) is 31.9 cm³/mol. The zero-order valence-electron chi connectivity index (χ0n) is 5.57. The van der Waals surface area contributed by atoms with Gasteiger partial charge in [0.25, 0.3) is 0 Å². The fraction of sp³-hybridized carbons (Fsp3) is 1.00. The molecule has 5 heteroatoms. The van der Waals surface area contributed by atoms with Gasteiger partial charge in [-0.3, -0.25) is 0 Å². The predicted octanol–water partition coefficient (Wildman–Crippen LogP) is 2.54. The van der Waals surface area contributed by atoms with Crippen molar-refractivity contribution in [2.75, 3.05) is 0 Å². The molecule has 0 saturated carbocycles. The molecule has 0 aromatic heterocycles. The Morgan fingerprint density at radius 2 is 1.70 bits per heavy atom. The van der Waals surface area contributed by atoms with Crippen LogP contribution < -0.4 is 0 Å². The highest BCUT2D eigenvalue weighted by Gasteiger charge is 2.39. The molecule has 0 aromatic rings. The van der Waals surface area contributed by atoms with Crippen molar-refractivity contribution in [1.82, 2.24) is 0 Å². The Morgan fingerprint density at radius 3 is 1.80 bits per heavy atom. The summed E-state index contributed by atoms with van der Waals surface area (Å²) in [5.74, 6) is 0. The van der Waals surface area contributed by atoms with Crippen LogP contribution in [0.25, 0.3) is 0 Å². The quantitative estimate of drug-likeness (QED) is 0.588. The maximum atomic E-state index is 11.6. The molecule has 0 aliphatic rings. The summed E-state index contributed by atoms with van der Waals surface area (Å²) in [7, 11) is 0. The highest BCUT2D eigenvalue weighted by Crippen LogP contribution is 2.26. The molecule has 0 heterocycles. The van der Waals surface area contributed by atoms with Gasteiger partial charge in [-0.25, -0.2) is 0 Å². The van der Waals surface area contributed by atoms with Crippen LogP contribution in [0.2, 0.25) is 0 Å². The number of alkyl halides is 4. The van der Waals surface area contributed by atoms with Crippen LogP contribution in [0, 0.1) is 0 Å². The highest BCUT2D eigenvalue weighted by atomic mass is 35.5. The third kappa shape index (κ3) is 3.95. The molecule has 1 nitrogen and oxygen atoms in total. The average Bonchev–Trinajstić information content (AvgIpc) is 1.60. The number of rotatable bonds is 2. The van der Waals surface area contributed by atoms with Crippen LogP contribution in [-0.4, -0.2) is 17.8 Å². The van der Waals surface area contributed by atoms with E-state index in [1.54, 1.807) is 0 Å². The summed E-state index contributed by atoms with van der Waals surface area (Å²) in [6.07, 6.45) is -4.98. The minimum atomic E-state index is -4.47. The second-order valence-corrected chi connectivity index (χ2v) is 2.44. The largest absolute Gasteiger partial charge is 0.428 e. The average molecular weight is 177 g/mol. The minimum absolute atomic E-state index is 0.510. The van der Waals surface area contributed by atoms with Gasteiger partial charge >= 0.3 is 6.18 Å². The van der Waals surface area contributed by atoms with Crippen molar-refractivity contribution >= 4 is 11.6 Å². The van der Waals surface area contributed by atoms with E-state index in [4.69, 9.17) is 11.6 Å². The first-order valence-corrected chi connectivity index (χ1v) is 3.14. The molecule has 0 radical (unpaired) electrons. The van der Waals surface area contributed by atoms with Crippen molar-refractivity contribution in [1.29, 1.82) is 0 Å². The molecule has 1 atom stereocenters. The number of hydrogen-bond acceptors (Lipinski definition) is 1. The van der Waals surface area contributed by atoms with Crippen LogP contribution in [0.4, 0.5) is 13.2 Å². The van der Waals surface area contributed by atoms with Crippen molar-refractivity contribution in [3.8, 4) is 0 Å². The van der Waals surface area contributed by atoms with Crippen molar-refractivity contribution in [2.24, 2.45) is 0 Å². The fourth-order valence-corrected chi connectivity index (χ4v) is 0.522. The molecule has 0 aromatic carbocycles. The zero-order valence-corrected chi connectivity index (χ0v) is 6.33. The molecule has 0 bridgehead atoms. The summed E-state index contributed by atoms with van der Waals surface area (Å²) in [6, 6.07) is 0. The number of hydrogen-bond donors (Lipinski definition) is 0. The Bertz CT molecular complexity index is 102. The third-order valence-electron chi connectivity index (χ3n) is 0.649. The molecule has 0 rings (SSSR count). The summed E-state index contributed by atoms with van der Waals surface area (Å²) in [4.78, 5) is 0. The Balaban J connectivity index is 3.73. The van der Waals surface area contributed by atoms with Crippen LogP contribution in [0.3, 0.4) is 0 Å². The van der Waals surface area contributed by atoms with E-state index in [1.807, 2.05) is 0 Å². The lowest BCUT2D eigenvalue weighted by Gasteiger charge is -2.16. The van der Waals surface area contributed by atoms with E-state index in [0.29, 0.717) is 0 Å². The van der Waals surface area contributed by atoms with Gasteiger partial charge in [0, 0.05) is 0 Å². The van der Waals surface area contributed by atoms with E-state index in [-0.39, 0.29) is 0 Å². The van der Waals surface area contributed by atoms with Gasteiger partial charge in [-0.15, -0.1) is 0 Å². The van der Waals surface area contributed by atoms with Gasteiger partial charge in [0.15, 0.2) is 0 Å². The second kappa shape index (κ2) is 3.44. The molecule has 0 amide bonds. The van der Waals surface area contributed by atoms with Crippen molar-refractivity contribution in [2.45, 2.75) is 31.7 Å². The summed E-state index contributed by atoms with van der Waals surface area (Å²) < 4.78 is 38.9. The van der Waals surface area contributed by atoms with E-state index in [1.165, 1.54) is 13.8 Å². The molecule has 0 spiro atoms. The monoisotopic (exact) mass is 176 g/mol. The first kappa shape index (κ1) is 10.0. The van der Waals surface area contributed by atoms with Gasteiger partial charge in [0.1, 0.15) is 0 Å². The van der Waals surface area contributed by atoms with Gasteiger partial charge in [-0.05, 0) is 13.8 Å². The molecule has 1 unspecified atom stereocenters. The summed E-state index contributed by atoms with van der Waals surface area (Å²) in [5, 5.41) is 0. The highest BCUT2D eigenvalue weighted by molar-refractivity contribution is 6.20. The molecular weight excluding hydrogens is 169 g/mol. The molecule has 0 N–H and O–H groups in total. The van der Waals surface area contributed by atoms with Gasteiger partial charge in [0.05, 0.1) is 6.10 Å². The summed E-state index contributed by atoms with van der Waals surface area (Å²) >= 11 is 4.80. The lowest BCUT2D eigenvalue weighted by Crippen LogP contribution is -2.28. The lowest BCUT2D eigenvalue weighted by molar-refractivity contribution is -0.200. The van der Waals surface area contributed by atoms with E-state index >= 15 is 0 Å². The van der Waals surface area contributed by atoms with Crippen LogP contribution in [0.15, 0.2) is 0 Å². The maximum Gasteiger partial charge on any atom is 0.428 e. The first-order valence-electron chi connectivity index (χ1n) is 2.70. The first-order chi connectivity index (χ1) is 4.34. The molecule has 62 valence electrons. The molecule has 0 aliphatic carbocycles. The molecule has 0 fully saturated rings. The zero-order chi connectivity index (χ0) is 8.36. The second-order valence-electron chi connectivity index (χ2n) is 2.04. The van der Waals surface area contributed by atoms with Crippen molar-refractivity contribution in [3.63, 3.8) is 0 Å². The normalized spacial score (nSPS) is 15.9. The Hall–Kier alpha value is 0.0400. The van der Waals surface area contributed by atoms with Crippen molar-refractivity contribution < 1.29 is 17.9 Å². The fourth-order valence-electron chi connectivity index (χ4n) is 0.316. The molecule has 0 aliphatic heterocycles. The van der Waals surface area contributed by atoms with Crippen LogP contribution in [-0.2, 0) is 4.74 Å². The SMILES string of the molecule is CC(C)OC(Cl)C(F)(F)F. The van der Waals surface area contributed by atoms with Crippen LogP contribution in [0.1, 0.15) is 13.8 Å². The molecule has 10 heavy (non-hydrogen) atoms. The Labute approximate surface area is 62.1 Å². The lowest BCUT2D eigenvalue weighted by atomic mass is 10.5. The third-order valence-corrected chi connectivity index (χ3v) is 0.999. The topological polar surface area (TPSA) is 9.23 Å². The number of ether oxygens (including phenoxy) is 1. The Morgan fingerprint density at radius 1 is 1.30 bits per heavy atom. The van der Waals surface area contributed by atoms with E-state index in [9.17, 15) is 13.2 Å². The van der Waals surface area contributed by atoms with E-state index in [2.05, 4.69) is 4.74 Å². The smallest absolute Gasteiger partial charge is 0.351 e. The standard InChI is InChI=1S/C5H8ClF3O/c1-3(2)10-4(6)5(7,8)9/h3-4H,1-2H3. The van der Waals surface area contributed by atoms with Gasteiger partial charge in [-0.2, -0.15) is 13.2 Å². The van der Waals surface area contributed by atoms with Gasteiger partial charge in [0.2, 0.25) is 5.56 Å².